The Morgan fingerprint density at radius 1 is 0.938 bits per heavy atom. The van der Waals surface area contributed by atoms with Gasteiger partial charge in [0, 0.05) is 37.8 Å². The molecule has 0 saturated heterocycles. The van der Waals surface area contributed by atoms with E-state index in [1.165, 1.54) is 20.4 Å². The summed E-state index contributed by atoms with van der Waals surface area (Å²) in [7, 11) is 3.01. The molecular weight excluding hydrogens is 475 g/mol. The lowest BCUT2D eigenvalue weighted by atomic mass is 10.2. The van der Waals surface area contributed by atoms with Gasteiger partial charge in [0.05, 0.1) is 20.4 Å². The zero-order valence-electron chi connectivity index (χ0n) is 17.2. The first-order valence-corrected chi connectivity index (χ1v) is 10.5. The van der Waals surface area contributed by atoms with Crippen LogP contribution in [0.3, 0.4) is 0 Å². The molecule has 0 aliphatic heterocycles. The Morgan fingerprint density at radius 2 is 1.59 bits per heavy atom. The average Bonchev–Trinajstić information content (AvgIpc) is 2.79. The van der Waals surface area contributed by atoms with Crippen LogP contribution in [0.2, 0.25) is 15.1 Å². The molecule has 0 aromatic heterocycles. The maximum atomic E-state index is 12.5. The number of ether oxygens (including phenoxy) is 3. The van der Waals surface area contributed by atoms with Gasteiger partial charge in [0.2, 0.25) is 0 Å². The number of carbonyl (C=O) groups is 1. The quantitative estimate of drug-likeness (QED) is 0.308. The molecule has 0 aliphatic carbocycles. The highest BCUT2D eigenvalue weighted by molar-refractivity contribution is 6.35. The lowest BCUT2D eigenvalue weighted by Crippen LogP contribution is -2.17. The van der Waals surface area contributed by atoms with Crippen LogP contribution in [0.25, 0.3) is 0 Å². The highest BCUT2D eigenvalue weighted by Gasteiger charge is 2.10. The minimum atomic E-state index is -0.434. The van der Waals surface area contributed by atoms with Crippen molar-refractivity contribution in [3.63, 3.8) is 0 Å². The van der Waals surface area contributed by atoms with Crippen LogP contribution in [0.4, 0.5) is 0 Å². The molecule has 166 valence electrons. The summed E-state index contributed by atoms with van der Waals surface area (Å²) in [5.41, 5.74) is 4.15. The Morgan fingerprint density at radius 3 is 2.25 bits per heavy atom. The summed E-state index contributed by atoms with van der Waals surface area (Å²) in [6.07, 6.45) is 1.44. The predicted molar refractivity (Wildman–Crippen MR) is 127 cm³/mol. The van der Waals surface area contributed by atoms with E-state index in [2.05, 4.69) is 10.5 Å². The van der Waals surface area contributed by atoms with Gasteiger partial charge in [-0.25, -0.2) is 5.43 Å². The minimum absolute atomic E-state index is 0.217. The van der Waals surface area contributed by atoms with Crippen molar-refractivity contribution in [2.24, 2.45) is 5.10 Å². The number of halogens is 3. The fourth-order valence-electron chi connectivity index (χ4n) is 2.71. The van der Waals surface area contributed by atoms with E-state index in [1.807, 2.05) is 0 Å². The van der Waals surface area contributed by atoms with E-state index in [-0.39, 0.29) is 6.61 Å². The van der Waals surface area contributed by atoms with Gasteiger partial charge in [-0.05, 0) is 42.5 Å². The van der Waals surface area contributed by atoms with Crippen LogP contribution < -0.4 is 19.6 Å². The minimum Gasteiger partial charge on any atom is -0.497 e. The number of hydrogen-bond acceptors (Lipinski definition) is 5. The van der Waals surface area contributed by atoms with E-state index in [4.69, 9.17) is 49.0 Å². The third-order valence-electron chi connectivity index (χ3n) is 4.35. The maximum absolute atomic E-state index is 12.5. The Labute approximate surface area is 200 Å². The second-order valence-electron chi connectivity index (χ2n) is 6.51. The average molecular weight is 494 g/mol. The molecule has 0 radical (unpaired) electrons. The summed E-state index contributed by atoms with van der Waals surface area (Å²) in [6, 6.07) is 15.1. The van der Waals surface area contributed by atoms with Crippen LogP contribution in [0.5, 0.6) is 17.2 Å². The molecule has 9 heteroatoms. The zero-order chi connectivity index (χ0) is 23.1. The largest absolute Gasteiger partial charge is 0.497 e. The van der Waals surface area contributed by atoms with Crippen LogP contribution in [-0.2, 0) is 6.61 Å². The van der Waals surface area contributed by atoms with Gasteiger partial charge < -0.3 is 14.2 Å². The van der Waals surface area contributed by atoms with E-state index in [9.17, 15) is 4.79 Å². The van der Waals surface area contributed by atoms with Gasteiger partial charge in [0.1, 0.15) is 23.9 Å². The van der Waals surface area contributed by atoms with Crippen LogP contribution in [0, 0.1) is 0 Å². The number of hydrazone groups is 1. The SMILES string of the molecule is COc1cc(OC)cc(C(=O)N/N=C\c2cc(Cl)ccc2OCc2ccc(Cl)cc2Cl)c1. The van der Waals surface area contributed by atoms with E-state index in [0.717, 1.165) is 5.56 Å². The van der Waals surface area contributed by atoms with Gasteiger partial charge in [-0.15, -0.1) is 0 Å². The van der Waals surface area contributed by atoms with Crippen molar-refractivity contribution >= 4 is 46.9 Å². The van der Waals surface area contributed by atoms with E-state index in [1.54, 1.807) is 54.6 Å². The van der Waals surface area contributed by atoms with Gasteiger partial charge >= 0.3 is 0 Å². The molecule has 0 unspecified atom stereocenters. The van der Waals surface area contributed by atoms with Crippen LogP contribution in [0.15, 0.2) is 59.7 Å². The van der Waals surface area contributed by atoms with Crippen molar-refractivity contribution in [3.8, 4) is 17.2 Å². The molecule has 0 fully saturated rings. The predicted octanol–water partition coefficient (Wildman–Crippen LogP) is 6.01. The second kappa shape index (κ2) is 11.1. The van der Waals surface area contributed by atoms with Crippen LogP contribution >= 0.6 is 34.8 Å². The smallest absolute Gasteiger partial charge is 0.271 e. The number of nitrogens with one attached hydrogen (secondary N) is 1. The van der Waals surface area contributed by atoms with E-state index >= 15 is 0 Å². The summed E-state index contributed by atoms with van der Waals surface area (Å²) in [6.45, 7) is 0.217. The van der Waals surface area contributed by atoms with Crippen molar-refractivity contribution in [1.82, 2.24) is 5.43 Å². The van der Waals surface area contributed by atoms with Crippen molar-refractivity contribution in [1.29, 1.82) is 0 Å². The number of rotatable bonds is 8. The van der Waals surface area contributed by atoms with Gasteiger partial charge in [-0.3, -0.25) is 4.79 Å². The first-order valence-electron chi connectivity index (χ1n) is 9.32. The zero-order valence-corrected chi connectivity index (χ0v) is 19.5. The maximum Gasteiger partial charge on any atom is 0.271 e. The number of benzene rings is 3. The molecule has 3 aromatic rings. The van der Waals surface area contributed by atoms with Crippen molar-refractivity contribution in [3.05, 3.63) is 86.4 Å². The van der Waals surface area contributed by atoms with Gasteiger partial charge in [0.15, 0.2) is 0 Å². The summed E-state index contributed by atoms with van der Waals surface area (Å²) >= 11 is 18.2. The normalized spacial score (nSPS) is 10.8. The standard InChI is InChI=1S/C23H19Cl3N2O4/c1-30-19-8-15(9-20(11-19)31-2)23(29)28-27-12-16-7-17(24)5-6-22(16)32-13-14-3-4-18(25)10-21(14)26/h3-12H,13H2,1-2H3,(H,28,29)/b27-12-. The molecule has 0 aliphatic rings. The lowest BCUT2D eigenvalue weighted by molar-refractivity contribution is 0.0954. The van der Waals surface area contributed by atoms with Crippen LogP contribution in [-0.4, -0.2) is 26.3 Å². The third kappa shape index (κ3) is 6.29. The summed E-state index contributed by atoms with van der Waals surface area (Å²) in [4.78, 5) is 12.5. The topological polar surface area (TPSA) is 69.2 Å². The Kier molecular flexibility index (Phi) is 8.22. The summed E-state index contributed by atoms with van der Waals surface area (Å²) < 4.78 is 16.2. The molecule has 32 heavy (non-hydrogen) atoms. The summed E-state index contributed by atoms with van der Waals surface area (Å²) in [5.74, 6) is 1.06. The number of carbonyl (C=O) groups excluding carboxylic acids is 1. The van der Waals surface area contributed by atoms with Crippen LogP contribution in [0.1, 0.15) is 21.5 Å². The molecule has 3 aromatic carbocycles. The highest BCUT2D eigenvalue weighted by atomic mass is 35.5. The Bertz CT molecular complexity index is 1130. The first-order chi connectivity index (χ1) is 15.4. The second-order valence-corrected chi connectivity index (χ2v) is 7.79. The van der Waals surface area contributed by atoms with E-state index < -0.39 is 5.91 Å². The number of nitrogens with zero attached hydrogens (tertiary/aromatic N) is 1. The van der Waals surface area contributed by atoms with Gasteiger partial charge in [0.25, 0.3) is 5.91 Å². The van der Waals surface area contributed by atoms with Gasteiger partial charge in [-0.2, -0.15) is 5.10 Å². The number of amides is 1. The molecule has 0 spiro atoms. The molecule has 0 saturated carbocycles. The molecule has 0 atom stereocenters. The molecule has 3 rings (SSSR count). The fourth-order valence-corrected chi connectivity index (χ4v) is 3.35. The molecule has 0 heterocycles. The van der Waals surface area contributed by atoms with Crippen molar-refractivity contribution in [2.75, 3.05) is 14.2 Å². The number of hydrogen-bond donors (Lipinski definition) is 1. The van der Waals surface area contributed by atoms with Gasteiger partial charge in [-0.1, -0.05) is 40.9 Å². The molecule has 6 nitrogen and oxygen atoms in total. The molecule has 1 N–H and O–H groups in total. The molecule has 0 bridgehead atoms. The van der Waals surface area contributed by atoms with Crippen molar-refractivity contribution in [2.45, 2.75) is 6.61 Å². The highest BCUT2D eigenvalue weighted by Crippen LogP contribution is 2.26. The summed E-state index contributed by atoms with van der Waals surface area (Å²) in [5, 5.41) is 5.57. The molecular formula is C23H19Cl3N2O4. The number of methoxy groups -OCH3 is 2. The molecule has 1 amide bonds. The monoisotopic (exact) mass is 492 g/mol. The third-order valence-corrected chi connectivity index (χ3v) is 5.18. The fraction of sp³-hybridized carbons (Fsp3) is 0.130. The Balaban J connectivity index is 1.73. The van der Waals surface area contributed by atoms with Crippen molar-refractivity contribution < 1.29 is 19.0 Å². The first kappa shape index (κ1) is 23.7. The Hall–Kier alpha value is -2.93. The van der Waals surface area contributed by atoms with E-state index in [0.29, 0.717) is 43.4 Å². The lowest BCUT2D eigenvalue weighted by Gasteiger charge is -2.11.